The zero-order chi connectivity index (χ0) is 12.7. The van der Waals surface area contributed by atoms with Crippen LogP contribution in [0.3, 0.4) is 0 Å². The van der Waals surface area contributed by atoms with Crippen LogP contribution in [0.2, 0.25) is 0 Å². The highest BCUT2D eigenvalue weighted by atomic mass is 79.9. The van der Waals surface area contributed by atoms with Crippen molar-refractivity contribution in [3.8, 4) is 0 Å². The van der Waals surface area contributed by atoms with Gasteiger partial charge in [0.05, 0.1) is 12.3 Å². The van der Waals surface area contributed by atoms with Gasteiger partial charge in [-0.05, 0) is 12.0 Å². The average molecular weight is 329 g/mol. The minimum atomic E-state index is 0. The third-order valence-electron chi connectivity index (χ3n) is 4.03. The molecule has 0 radical (unpaired) electrons. The molecule has 2 aliphatic heterocycles. The van der Waals surface area contributed by atoms with Crippen LogP contribution in [0.4, 0.5) is 5.69 Å². The van der Waals surface area contributed by atoms with E-state index in [0.717, 1.165) is 25.3 Å². The lowest BCUT2D eigenvalue weighted by Crippen LogP contribution is -2.23. The molecule has 2 aromatic carbocycles. The molecule has 0 bridgehead atoms. The highest BCUT2D eigenvalue weighted by Gasteiger charge is 2.26. The van der Waals surface area contributed by atoms with E-state index in [1.165, 1.54) is 28.8 Å². The van der Waals surface area contributed by atoms with Gasteiger partial charge in [-0.15, -0.1) is 17.0 Å². The van der Waals surface area contributed by atoms with Crippen LogP contribution in [0.5, 0.6) is 0 Å². The summed E-state index contributed by atoms with van der Waals surface area (Å²) < 4.78 is 0. The smallest absolute Gasteiger partial charge is 0.0740 e. The molecule has 2 heterocycles. The molecule has 102 valence electrons. The van der Waals surface area contributed by atoms with E-state index in [-0.39, 0.29) is 17.0 Å². The molecule has 0 saturated heterocycles. The standard InChI is InChI=1S/C17H16N2.BrH/c1-2-5-13(6-3-1)16-15-8-4-7-14-9-11-19(17(14)15)12-10-18-16;/h1-8H,9-12H2;1H. The summed E-state index contributed by atoms with van der Waals surface area (Å²) in [6.45, 7) is 3.07. The van der Waals surface area contributed by atoms with Crippen molar-refractivity contribution in [2.45, 2.75) is 6.42 Å². The molecule has 2 aliphatic rings. The summed E-state index contributed by atoms with van der Waals surface area (Å²) in [5, 5.41) is 0. The molecular formula is C17H17BrN2. The van der Waals surface area contributed by atoms with E-state index in [0.29, 0.717) is 0 Å². The van der Waals surface area contributed by atoms with Gasteiger partial charge in [0, 0.05) is 29.9 Å². The Hall–Kier alpha value is -1.61. The Bertz CT molecular complexity index is 649. The van der Waals surface area contributed by atoms with Gasteiger partial charge >= 0.3 is 0 Å². The first-order valence-corrected chi connectivity index (χ1v) is 6.90. The normalized spacial score (nSPS) is 16.0. The second-order valence-electron chi connectivity index (χ2n) is 5.15. The zero-order valence-corrected chi connectivity index (χ0v) is 13.0. The van der Waals surface area contributed by atoms with E-state index in [1.54, 1.807) is 0 Å². The molecule has 0 atom stereocenters. The summed E-state index contributed by atoms with van der Waals surface area (Å²) in [4.78, 5) is 7.33. The SMILES string of the molecule is Br.c1ccc(C2=NCCN3CCc4cccc2c43)cc1. The fourth-order valence-corrected chi connectivity index (χ4v) is 3.16. The maximum Gasteiger partial charge on any atom is 0.0740 e. The van der Waals surface area contributed by atoms with Gasteiger partial charge < -0.3 is 4.90 Å². The number of nitrogens with zero attached hydrogens (tertiary/aromatic N) is 2. The molecular weight excluding hydrogens is 312 g/mol. The Balaban J connectivity index is 0.00000121. The lowest BCUT2D eigenvalue weighted by atomic mass is 9.98. The number of para-hydroxylation sites is 1. The van der Waals surface area contributed by atoms with Crippen molar-refractivity contribution < 1.29 is 0 Å². The Morgan fingerprint density at radius 1 is 0.900 bits per heavy atom. The molecule has 4 rings (SSSR count). The molecule has 20 heavy (non-hydrogen) atoms. The fraction of sp³-hybridized carbons (Fsp3) is 0.235. The number of aliphatic imine (C=N–C) groups is 1. The first kappa shape index (κ1) is 13.4. The van der Waals surface area contributed by atoms with Crippen LogP contribution in [-0.2, 0) is 6.42 Å². The second kappa shape index (κ2) is 5.41. The van der Waals surface area contributed by atoms with Crippen molar-refractivity contribution >= 4 is 28.4 Å². The van der Waals surface area contributed by atoms with Crippen LogP contribution in [0.25, 0.3) is 0 Å². The van der Waals surface area contributed by atoms with Gasteiger partial charge in [0.2, 0.25) is 0 Å². The molecule has 3 heteroatoms. The van der Waals surface area contributed by atoms with Crippen LogP contribution in [0.15, 0.2) is 53.5 Å². The number of hydrogen-bond donors (Lipinski definition) is 0. The van der Waals surface area contributed by atoms with Crippen molar-refractivity contribution in [3.63, 3.8) is 0 Å². The van der Waals surface area contributed by atoms with Crippen LogP contribution < -0.4 is 4.90 Å². The van der Waals surface area contributed by atoms with E-state index < -0.39 is 0 Å². The predicted molar refractivity (Wildman–Crippen MR) is 89.6 cm³/mol. The first-order chi connectivity index (χ1) is 9.43. The summed E-state index contributed by atoms with van der Waals surface area (Å²) in [7, 11) is 0. The lowest BCUT2D eigenvalue weighted by Gasteiger charge is -2.18. The first-order valence-electron chi connectivity index (χ1n) is 6.90. The Kier molecular flexibility index (Phi) is 3.62. The molecule has 0 N–H and O–H groups in total. The number of hydrogen-bond acceptors (Lipinski definition) is 2. The molecule has 0 spiro atoms. The molecule has 0 saturated carbocycles. The molecule has 2 nitrogen and oxygen atoms in total. The molecule has 0 amide bonds. The van der Waals surface area contributed by atoms with Crippen LogP contribution in [-0.4, -0.2) is 25.3 Å². The number of anilines is 1. The summed E-state index contributed by atoms with van der Waals surface area (Å²) in [6, 6.07) is 17.2. The van der Waals surface area contributed by atoms with Crippen molar-refractivity contribution in [1.29, 1.82) is 0 Å². The quantitative estimate of drug-likeness (QED) is 0.782. The predicted octanol–water partition coefficient (Wildman–Crippen LogP) is 3.48. The van der Waals surface area contributed by atoms with E-state index in [9.17, 15) is 0 Å². The lowest BCUT2D eigenvalue weighted by molar-refractivity contribution is 0.827. The van der Waals surface area contributed by atoms with Gasteiger partial charge in [-0.25, -0.2) is 0 Å². The summed E-state index contributed by atoms with van der Waals surface area (Å²) in [6.07, 6.45) is 1.17. The van der Waals surface area contributed by atoms with Crippen molar-refractivity contribution in [2.24, 2.45) is 4.99 Å². The maximum atomic E-state index is 4.84. The minimum absolute atomic E-state index is 0. The van der Waals surface area contributed by atoms with E-state index >= 15 is 0 Å². The molecule has 0 aliphatic carbocycles. The summed E-state index contributed by atoms with van der Waals surface area (Å²) >= 11 is 0. The van der Waals surface area contributed by atoms with Gasteiger partial charge in [-0.3, -0.25) is 4.99 Å². The average Bonchev–Trinajstić information content (AvgIpc) is 2.78. The fourth-order valence-electron chi connectivity index (χ4n) is 3.16. The summed E-state index contributed by atoms with van der Waals surface area (Å²) in [5.41, 5.74) is 6.58. The maximum absolute atomic E-state index is 4.84. The van der Waals surface area contributed by atoms with Gasteiger partial charge in [0.25, 0.3) is 0 Å². The van der Waals surface area contributed by atoms with Gasteiger partial charge in [-0.2, -0.15) is 0 Å². The number of rotatable bonds is 1. The monoisotopic (exact) mass is 328 g/mol. The molecule has 0 aromatic heterocycles. The molecule has 0 unspecified atom stereocenters. The Morgan fingerprint density at radius 2 is 1.75 bits per heavy atom. The van der Waals surface area contributed by atoms with Gasteiger partial charge in [0.15, 0.2) is 0 Å². The Labute approximate surface area is 129 Å². The van der Waals surface area contributed by atoms with E-state index in [1.807, 2.05) is 0 Å². The number of benzene rings is 2. The van der Waals surface area contributed by atoms with Crippen molar-refractivity contribution in [1.82, 2.24) is 0 Å². The van der Waals surface area contributed by atoms with Crippen LogP contribution in [0.1, 0.15) is 16.7 Å². The minimum Gasteiger partial charge on any atom is -0.369 e. The highest BCUT2D eigenvalue weighted by Crippen LogP contribution is 2.34. The second-order valence-corrected chi connectivity index (χ2v) is 5.15. The van der Waals surface area contributed by atoms with Crippen LogP contribution in [0, 0.1) is 0 Å². The zero-order valence-electron chi connectivity index (χ0n) is 11.2. The third-order valence-corrected chi connectivity index (χ3v) is 4.03. The van der Waals surface area contributed by atoms with Gasteiger partial charge in [0.1, 0.15) is 0 Å². The summed E-state index contributed by atoms with van der Waals surface area (Å²) in [5.74, 6) is 0. The van der Waals surface area contributed by atoms with Crippen molar-refractivity contribution in [2.75, 3.05) is 24.5 Å². The topological polar surface area (TPSA) is 15.6 Å². The Morgan fingerprint density at radius 3 is 2.60 bits per heavy atom. The third kappa shape index (κ3) is 2.06. The highest BCUT2D eigenvalue weighted by molar-refractivity contribution is 8.93. The van der Waals surface area contributed by atoms with Crippen LogP contribution >= 0.6 is 17.0 Å². The van der Waals surface area contributed by atoms with Gasteiger partial charge in [-0.1, -0.05) is 48.5 Å². The largest absolute Gasteiger partial charge is 0.369 e. The van der Waals surface area contributed by atoms with Crippen molar-refractivity contribution in [3.05, 3.63) is 65.2 Å². The van der Waals surface area contributed by atoms with E-state index in [2.05, 4.69) is 53.4 Å². The molecule has 2 aromatic rings. The molecule has 0 fully saturated rings. The number of halogens is 1. The van der Waals surface area contributed by atoms with E-state index in [4.69, 9.17) is 4.99 Å².